The zero-order valence-corrected chi connectivity index (χ0v) is 17.1. The number of hydrogen-bond acceptors (Lipinski definition) is 4. The van der Waals surface area contributed by atoms with Crippen LogP contribution in [0.2, 0.25) is 0 Å². The fourth-order valence-corrected chi connectivity index (χ4v) is 3.70. The van der Waals surface area contributed by atoms with E-state index in [-0.39, 0.29) is 29.8 Å². The van der Waals surface area contributed by atoms with E-state index in [4.69, 9.17) is 0 Å². The third-order valence-corrected chi connectivity index (χ3v) is 5.25. The number of hydrogen-bond donors (Lipinski definition) is 2. The van der Waals surface area contributed by atoms with Crippen molar-refractivity contribution in [3.8, 4) is 11.3 Å². The molecule has 8 heteroatoms. The Morgan fingerprint density at radius 3 is 2.61 bits per heavy atom. The molecule has 0 saturated carbocycles. The number of ketones is 1. The quantitative estimate of drug-likeness (QED) is 0.590. The zero-order chi connectivity index (χ0) is 22.1. The van der Waals surface area contributed by atoms with E-state index in [0.29, 0.717) is 29.2 Å². The van der Waals surface area contributed by atoms with Crippen LogP contribution in [0.3, 0.4) is 0 Å². The van der Waals surface area contributed by atoms with Crippen molar-refractivity contribution >= 4 is 29.1 Å². The van der Waals surface area contributed by atoms with E-state index in [1.807, 2.05) is 6.92 Å². The molecule has 0 radical (unpaired) electrons. The van der Waals surface area contributed by atoms with Gasteiger partial charge in [0.1, 0.15) is 17.7 Å². The topological polar surface area (TPSA) is 93.1 Å². The highest BCUT2D eigenvalue weighted by molar-refractivity contribution is 6.03. The van der Waals surface area contributed by atoms with Gasteiger partial charge in [-0.2, -0.15) is 5.10 Å². The summed E-state index contributed by atoms with van der Waals surface area (Å²) in [7, 11) is 0. The van der Waals surface area contributed by atoms with Crippen molar-refractivity contribution in [2.45, 2.75) is 32.7 Å². The van der Waals surface area contributed by atoms with Crippen LogP contribution in [0.5, 0.6) is 0 Å². The normalized spacial score (nSPS) is 14.8. The van der Waals surface area contributed by atoms with E-state index >= 15 is 0 Å². The summed E-state index contributed by atoms with van der Waals surface area (Å²) >= 11 is 0. The minimum atomic E-state index is -0.800. The Bertz CT molecular complexity index is 1180. The maximum atomic E-state index is 13.3. The smallest absolute Gasteiger partial charge is 0.251 e. The van der Waals surface area contributed by atoms with Crippen molar-refractivity contribution < 1.29 is 18.8 Å². The van der Waals surface area contributed by atoms with E-state index in [0.717, 1.165) is 11.1 Å². The van der Waals surface area contributed by atoms with Gasteiger partial charge in [0.05, 0.1) is 12.1 Å². The molecule has 1 aromatic heterocycles. The number of aromatic nitrogens is 2. The SMILES string of the molecule is CCc1c(-c2ccc(F)cc2)nn2c1NC(=O)[C@@H]2CC(=O)Nc1cccc(C(C)=O)c1. The standard InChI is InChI=1S/C23H21FN4O3/c1-3-18-21(14-7-9-16(24)10-8-14)27-28-19(23(31)26-22(18)28)12-20(30)25-17-6-4-5-15(11-17)13(2)29/h4-11,19H,3,12H2,1-2H3,(H,25,30)(H,26,31)/t19-/m0/s1. The lowest BCUT2D eigenvalue weighted by molar-refractivity contribution is -0.123. The van der Waals surface area contributed by atoms with Crippen molar-refractivity contribution in [2.75, 3.05) is 10.6 Å². The van der Waals surface area contributed by atoms with Gasteiger partial charge in [0, 0.05) is 22.4 Å². The molecule has 31 heavy (non-hydrogen) atoms. The average molecular weight is 420 g/mol. The van der Waals surface area contributed by atoms with Gasteiger partial charge >= 0.3 is 0 Å². The number of nitrogens with one attached hydrogen (secondary N) is 2. The van der Waals surface area contributed by atoms with Gasteiger partial charge in [0.25, 0.3) is 5.91 Å². The Kier molecular flexibility index (Phi) is 5.37. The summed E-state index contributed by atoms with van der Waals surface area (Å²) in [6.07, 6.45) is 0.496. The van der Waals surface area contributed by atoms with Crippen LogP contribution in [0.1, 0.15) is 42.2 Å². The molecule has 0 unspecified atom stereocenters. The van der Waals surface area contributed by atoms with E-state index in [1.165, 1.54) is 23.7 Å². The number of halogens is 1. The van der Waals surface area contributed by atoms with E-state index < -0.39 is 6.04 Å². The van der Waals surface area contributed by atoms with Crippen molar-refractivity contribution in [1.82, 2.24) is 9.78 Å². The van der Waals surface area contributed by atoms with Gasteiger partial charge in [0.15, 0.2) is 5.78 Å². The average Bonchev–Trinajstić information content (AvgIpc) is 3.24. The molecule has 7 nitrogen and oxygen atoms in total. The largest absolute Gasteiger partial charge is 0.326 e. The summed E-state index contributed by atoms with van der Waals surface area (Å²) < 4.78 is 14.8. The van der Waals surface area contributed by atoms with Gasteiger partial charge in [-0.25, -0.2) is 9.07 Å². The first-order chi connectivity index (χ1) is 14.9. The van der Waals surface area contributed by atoms with Crippen LogP contribution in [0.15, 0.2) is 48.5 Å². The summed E-state index contributed by atoms with van der Waals surface area (Å²) in [6.45, 7) is 3.39. The maximum absolute atomic E-state index is 13.3. The molecule has 0 saturated heterocycles. The van der Waals surface area contributed by atoms with Crippen LogP contribution in [0.4, 0.5) is 15.9 Å². The third-order valence-electron chi connectivity index (χ3n) is 5.25. The second kappa shape index (κ2) is 8.14. The molecule has 2 N–H and O–H groups in total. The molecule has 1 atom stereocenters. The maximum Gasteiger partial charge on any atom is 0.251 e. The van der Waals surface area contributed by atoms with Crippen molar-refractivity contribution in [1.29, 1.82) is 0 Å². The van der Waals surface area contributed by atoms with Crippen LogP contribution in [-0.2, 0) is 16.0 Å². The van der Waals surface area contributed by atoms with Crippen LogP contribution in [-0.4, -0.2) is 27.4 Å². The minimum Gasteiger partial charge on any atom is -0.326 e. The lowest BCUT2D eigenvalue weighted by Crippen LogP contribution is -2.23. The van der Waals surface area contributed by atoms with Crippen LogP contribution >= 0.6 is 0 Å². The van der Waals surface area contributed by atoms with Crippen molar-refractivity contribution in [3.05, 3.63) is 65.5 Å². The predicted molar refractivity (Wildman–Crippen MR) is 114 cm³/mol. The summed E-state index contributed by atoms with van der Waals surface area (Å²) in [5.41, 5.74) is 3.19. The monoisotopic (exact) mass is 420 g/mol. The first-order valence-corrected chi connectivity index (χ1v) is 9.96. The van der Waals surface area contributed by atoms with E-state index in [1.54, 1.807) is 36.4 Å². The number of carbonyl (C=O) groups excluding carboxylic acids is 3. The Morgan fingerprint density at radius 1 is 1.19 bits per heavy atom. The van der Waals surface area contributed by atoms with Gasteiger partial charge in [-0.15, -0.1) is 0 Å². The Morgan fingerprint density at radius 2 is 1.94 bits per heavy atom. The third kappa shape index (κ3) is 3.96. The fourth-order valence-electron chi connectivity index (χ4n) is 3.70. The van der Waals surface area contributed by atoms with Gasteiger partial charge in [-0.1, -0.05) is 19.1 Å². The molecule has 2 heterocycles. The first kappa shape index (κ1) is 20.5. The summed E-state index contributed by atoms with van der Waals surface area (Å²) in [4.78, 5) is 36.7. The fraction of sp³-hybridized carbons (Fsp3) is 0.217. The molecule has 0 fully saturated rings. The molecular formula is C23H21FN4O3. The zero-order valence-electron chi connectivity index (χ0n) is 17.1. The number of nitrogens with zero attached hydrogens (tertiary/aromatic N) is 2. The highest BCUT2D eigenvalue weighted by Crippen LogP contribution is 2.36. The van der Waals surface area contributed by atoms with Gasteiger partial charge in [0.2, 0.25) is 5.91 Å². The van der Waals surface area contributed by atoms with E-state index in [9.17, 15) is 18.8 Å². The summed E-state index contributed by atoms with van der Waals surface area (Å²) in [5.74, 6) is -0.567. The predicted octanol–water partition coefficient (Wildman–Crippen LogP) is 3.98. The number of carbonyl (C=O) groups is 3. The molecule has 2 aromatic carbocycles. The molecular weight excluding hydrogens is 399 g/mol. The minimum absolute atomic E-state index is 0.104. The molecule has 4 rings (SSSR count). The van der Waals surface area contributed by atoms with Crippen LogP contribution < -0.4 is 10.6 Å². The Labute approximate surface area is 178 Å². The molecule has 0 bridgehead atoms. The Balaban J connectivity index is 1.58. The molecule has 0 spiro atoms. The number of amides is 2. The van der Waals surface area contributed by atoms with Crippen molar-refractivity contribution in [3.63, 3.8) is 0 Å². The molecule has 3 aromatic rings. The number of fused-ring (bicyclic) bond motifs is 1. The lowest BCUT2D eigenvalue weighted by Gasteiger charge is -2.11. The van der Waals surface area contributed by atoms with Gasteiger partial charge in [-0.3, -0.25) is 14.4 Å². The van der Waals surface area contributed by atoms with Crippen LogP contribution in [0.25, 0.3) is 11.3 Å². The number of benzene rings is 2. The second-order valence-electron chi connectivity index (χ2n) is 7.38. The number of Topliss-reactive ketones (excluding diaryl/α,β-unsaturated/α-hetero) is 1. The molecule has 1 aliphatic rings. The molecule has 1 aliphatic heterocycles. The summed E-state index contributed by atoms with van der Waals surface area (Å²) in [6, 6.07) is 11.8. The van der Waals surface area contributed by atoms with Gasteiger partial charge in [-0.05, 0) is 49.7 Å². The van der Waals surface area contributed by atoms with Crippen LogP contribution in [0, 0.1) is 5.82 Å². The highest BCUT2D eigenvalue weighted by Gasteiger charge is 2.36. The van der Waals surface area contributed by atoms with Gasteiger partial charge < -0.3 is 10.6 Å². The highest BCUT2D eigenvalue weighted by atomic mass is 19.1. The lowest BCUT2D eigenvalue weighted by atomic mass is 10.1. The van der Waals surface area contributed by atoms with Crippen molar-refractivity contribution in [2.24, 2.45) is 0 Å². The molecule has 158 valence electrons. The van der Waals surface area contributed by atoms with E-state index in [2.05, 4.69) is 15.7 Å². The molecule has 2 amide bonds. The second-order valence-corrected chi connectivity index (χ2v) is 7.38. The summed E-state index contributed by atoms with van der Waals surface area (Å²) in [5, 5.41) is 10.1. The molecule has 0 aliphatic carbocycles. The number of anilines is 2. The first-order valence-electron chi connectivity index (χ1n) is 9.96. The number of rotatable bonds is 6. The Hall–Kier alpha value is -3.81.